The Kier molecular flexibility index (Phi) is 7.31. The number of methoxy groups -OCH3 is 1. The number of thiocarbonyl (C=S) groups is 1. The number of rotatable bonds is 7. The van der Waals surface area contributed by atoms with E-state index >= 15 is 0 Å². The fourth-order valence-electron chi connectivity index (χ4n) is 1.82. The Hall–Kier alpha value is -2.15. The highest BCUT2D eigenvalue weighted by Gasteiger charge is 2.11. The van der Waals surface area contributed by atoms with Crippen LogP contribution in [0.4, 0.5) is 5.69 Å². The zero-order chi connectivity index (χ0) is 16.5. The molecule has 0 aliphatic rings. The largest absolute Gasteiger partial charge is 0.495 e. The summed E-state index contributed by atoms with van der Waals surface area (Å²) in [6, 6.07) is 4.35. The number of hydrogen-bond acceptors (Lipinski definition) is 4. The molecule has 6 nitrogen and oxygen atoms in total. The van der Waals surface area contributed by atoms with Crippen molar-refractivity contribution in [2.24, 2.45) is 0 Å². The molecule has 0 heterocycles. The van der Waals surface area contributed by atoms with Gasteiger partial charge in [-0.05, 0) is 36.8 Å². The molecule has 0 aliphatic carbocycles. The molecule has 120 valence electrons. The summed E-state index contributed by atoms with van der Waals surface area (Å²) in [5, 5.41) is 14.5. The Morgan fingerprint density at radius 2 is 2.05 bits per heavy atom. The highest BCUT2D eigenvalue weighted by atomic mass is 32.1. The maximum atomic E-state index is 11.7. The minimum Gasteiger partial charge on any atom is -0.495 e. The lowest BCUT2D eigenvalue weighted by Gasteiger charge is -2.13. The molecule has 0 saturated heterocycles. The standard InChI is InChI=1S/C15H20N2O4S/c1-3-4-5-6-13(18)17-15(22)16-11-9-10(14(19)20)7-8-12(11)21-2/h7-9H,3-6H2,1-2H3,(H,19,20)(H2,16,17,18,22). The van der Waals surface area contributed by atoms with Crippen LogP contribution < -0.4 is 15.4 Å². The van der Waals surface area contributed by atoms with Gasteiger partial charge in [0.05, 0.1) is 18.4 Å². The topological polar surface area (TPSA) is 87.7 Å². The molecule has 3 N–H and O–H groups in total. The molecule has 1 rings (SSSR count). The van der Waals surface area contributed by atoms with Gasteiger partial charge in [0.2, 0.25) is 5.91 Å². The van der Waals surface area contributed by atoms with Gasteiger partial charge in [-0.3, -0.25) is 4.79 Å². The van der Waals surface area contributed by atoms with Gasteiger partial charge >= 0.3 is 5.97 Å². The molecule has 1 aromatic carbocycles. The van der Waals surface area contributed by atoms with E-state index in [0.29, 0.717) is 17.9 Å². The number of nitrogens with one attached hydrogen (secondary N) is 2. The molecule has 0 fully saturated rings. The van der Waals surface area contributed by atoms with E-state index in [0.717, 1.165) is 19.3 Å². The Morgan fingerprint density at radius 3 is 2.64 bits per heavy atom. The summed E-state index contributed by atoms with van der Waals surface area (Å²) in [5.74, 6) is -0.785. The minimum atomic E-state index is -1.06. The Morgan fingerprint density at radius 1 is 1.32 bits per heavy atom. The molecular formula is C15H20N2O4S. The SMILES string of the molecule is CCCCCC(=O)NC(=S)Nc1cc(C(=O)O)ccc1OC. The van der Waals surface area contributed by atoms with Crippen molar-refractivity contribution >= 4 is 34.9 Å². The second-order valence-corrected chi connectivity index (χ2v) is 5.09. The zero-order valence-corrected chi connectivity index (χ0v) is 13.5. The number of aromatic carboxylic acids is 1. The molecular weight excluding hydrogens is 304 g/mol. The van der Waals surface area contributed by atoms with Crippen molar-refractivity contribution in [3.05, 3.63) is 23.8 Å². The van der Waals surface area contributed by atoms with Gasteiger partial charge < -0.3 is 20.5 Å². The minimum absolute atomic E-state index is 0.0976. The first-order valence-corrected chi connectivity index (χ1v) is 7.41. The van der Waals surface area contributed by atoms with Gasteiger partial charge in [0, 0.05) is 6.42 Å². The molecule has 22 heavy (non-hydrogen) atoms. The maximum absolute atomic E-state index is 11.7. The number of anilines is 1. The van der Waals surface area contributed by atoms with Gasteiger partial charge in [0.15, 0.2) is 5.11 Å². The van der Waals surface area contributed by atoms with Gasteiger partial charge in [-0.15, -0.1) is 0 Å². The van der Waals surface area contributed by atoms with Crippen LogP contribution in [0.5, 0.6) is 5.75 Å². The summed E-state index contributed by atoms with van der Waals surface area (Å²) < 4.78 is 5.14. The monoisotopic (exact) mass is 324 g/mol. The number of benzene rings is 1. The van der Waals surface area contributed by atoms with Crippen LogP contribution in [-0.4, -0.2) is 29.2 Å². The van der Waals surface area contributed by atoms with E-state index in [1.165, 1.54) is 25.3 Å². The summed E-state index contributed by atoms with van der Waals surface area (Å²) >= 11 is 5.06. The van der Waals surface area contributed by atoms with Gasteiger partial charge in [0.1, 0.15) is 5.75 Å². The van der Waals surface area contributed by atoms with Crippen molar-refractivity contribution in [2.75, 3.05) is 12.4 Å². The number of carbonyl (C=O) groups is 2. The molecule has 0 spiro atoms. The average molecular weight is 324 g/mol. The molecule has 7 heteroatoms. The van der Waals surface area contributed by atoms with Crippen LogP contribution in [0.25, 0.3) is 0 Å². The lowest BCUT2D eigenvalue weighted by atomic mass is 10.2. The molecule has 0 atom stereocenters. The molecule has 0 radical (unpaired) electrons. The molecule has 1 aromatic rings. The van der Waals surface area contributed by atoms with Crippen LogP contribution in [0.2, 0.25) is 0 Å². The smallest absolute Gasteiger partial charge is 0.335 e. The number of ether oxygens (including phenoxy) is 1. The number of hydrogen-bond donors (Lipinski definition) is 3. The van der Waals surface area contributed by atoms with Crippen LogP contribution in [0.1, 0.15) is 43.0 Å². The first-order chi connectivity index (χ1) is 10.5. The Labute approximate surface area is 134 Å². The summed E-state index contributed by atoms with van der Waals surface area (Å²) in [5.41, 5.74) is 0.488. The quantitative estimate of drug-likeness (QED) is 0.528. The predicted octanol–water partition coefficient (Wildman–Crippen LogP) is 2.79. The van der Waals surface area contributed by atoms with Gasteiger partial charge in [-0.2, -0.15) is 0 Å². The third-order valence-corrected chi connectivity index (χ3v) is 3.16. The molecule has 0 saturated carbocycles. The van der Waals surface area contributed by atoms with E-state index in [4.69, 9.17) is 22.1 Å². The van der Waals surface area contributed by atoms with E-state index in [9.17, 15) is 9.59 Å². The first kappa shape index (κ1) is 17.9. The number of carboxylic acid groups (broad SMARTS) is 1. The number of unbranched alkanes of at least 4 members (excludes halogenated alkanes) is 2. The molecule has 0 aliphatic heterocycles. The number of carboxylic acids is 1. The summed E-state index contributed by atoms with van der Waals surface area (Å²) in [6.07, 6.45) is 3.24. The van der Waals surface area contributed by atoms with Crippen LogP contribution in [0, 0.1) is 0 Å². The van der Waals surface area contributed by atoms with E-state index in [-0.39, 0.29) is 16.6 Å². The number of amides is 1. The molecule has 0 aromatic heterocycles. The van der Waals surface area contributed by atoms with Gasteiger partial charge in [-0.1, -0.05) is 19.8 Å². The van der Waals surface area contributed by atoms with Crippen molar-refractivity contribution in [1.29, 1.82) is 0 Å². The van der Waals surface area contributed by atoms with Crippen molar-refractivity contribution in [3.8, 4) is 5.75 Å². The van der Waals surface area contributed by atoms with E-state index in [2.05, 4.69) is 17.6 Å². The number of carbonyl (C=O) groups excluding carboxylic acids is 1. The second-order valence-electron chi connectivity index (χ2n) is 4.68. The van der Waals surface area contributed by atoms with Crippen LogP contribution in [0.15, 0.2) is 18.2 Å². The fourth-order valence-corrected chi connectivity index (χ4v) is 2.04. The fraction of sp³-hybridized carbons (Fsp3) is 0.400. The average Bonchev–Trinajstić information content (AvgIpc) is 2.47. The van der Waals surface area contributed by atoms with Crippen molar-refractivity contribution < 1.29 is 19.4 Å². The van der Waals surface area contributed by atoms with Crippen molar-refractivity contribution in [3.63, 3.8) is 0 Å². The van der Waals surface area contributed by atoms with Gasteiger partial charge in [-0.25, -0.2) is 4.79 Å². The molecule has 1 amide bonds. The van der Waals surface area contributed by atoms with Crippen molar-refractivity contribution in [2.45, 2.75) is 32.6 Å². The highest BCUT2D eigenvalue weighted by Crippen LogP contribution is 2.25. The van der Waals surface area contributed by atoms with Crippen LogP contribution >= 0.6 is 12.2 Å². The molecule has 0 bridgehead atoms. The third-order valence-electron chi connectivity index (χ3n) is 2.95. The summed E-state index contributed by atoms with van der Waals surface area (Å²) in [6.45, 7) is 2.06. The van der Waals surface area contributed by atoms with E-state index in [1.807, 2.05) is 0 Å². The van der Waals surface area contributed by atoms with Crippen LogP contribution in [0.3, 0.4) is 0 Å². The maximum Gasteiger partial charge on any atom is 0.335 e. The van der Waals surface area contributed by atoms with Gasteiger partial charge in [0.25, 0.3) is 0 Å². The predicted molar refractivity (Wildman–Crippen MR) is 88.5 cm³/mol. The highest BCUT2D eigenvalue weighted by molar-refractivity contribution is 7.80. The summed E-state index contributed by atoms with van der Waals surface area (Å²) in [4.78, 5) is 22.7. The second kappa shape index (κ2) is 8.99. The lowest BCUT2D eigenvalue weighted by Crippen LogP contribution is -2.34. The third kappa shape index (κ3) is 5.69. The van der Waals surface area contributed by atoms with Crippen LogP contribution in [-0.2, 0) is 4.79 Å². The Balaban J connectivity index is 2.68. The van der Waals surface area contributed by atoms with Crippen molar-refractivity contribution in [1.82, 2.24) is 5.32 Å². The normalized spacial score (nSPS) is 9.91. The zero-order valence-electron chi connectivity index (χ0n) is 12.6. The van der Waals surface area contributed by atoms with E-state index in [1.54, 1.807) is 0 Å². The molecule has 0 unspecified atom stereocenters. The summed E-state index contributed by atoms with van der Waals surface area (Å²) in [7, 11) is 1.47. The first-order valence-electron chi connectivity index (χ1n) is 7.00. The van der Waals surface area contributed by atoms with E-state index < -0.39 is 5.97 Å². The Bertz CT molecular complexity index is 560. The lowest BCUT2D eigenvalue weighted by molar-refractivity contribution is -0.119.